The monoisotopic (exact) mass is 250 g/mol. The van der Waals surface area contributed by atoms with Crippen LogP contribution in [0.25, 0.3) is 0 Å². The van der Waals surface area contributed by atoms with E-state index >= 15 is 0 Å². The van der Waals surface area contributed by atoms with Gasteiger partial charge in [0.2, 0.25) is 0 Å². The van der Waals surface area contributed by atoms with Crippen LogP contribution >= 0.6 is 0 Å². The fourth-order valence-electron chi connectivity index (χ4n) is 5.82. The Balaban J connectivity index is 1.76. The van der Waals surface area contributed by atoms with E-state index in [2.05, 4.69) is 13.8 Å². The van der Waals surface area contributed by atoms with Gasteiger partial charge in [-0.15, -0.1) is 0 Å². The second kappa shape index (κ2) is 4.81. The van der Waals surface area contributed by atoms with Crippen LogP contribution in [-0.2, 0) is 0 Å². The molecule has 1 heteroatoms. The number of rotatable bonds is 0. The lowest BCUT2D eigenvalue weighted by Crippen LogP contribution is -2.57. The molecule has 3 aliphatic rings. The van der Waals surface area contributed by atoms with Crippen molar-refractivity contribution < 1.29 is 5.11 Å². The zero-order valence-electron chi connectivity index (χ0n) is 12.2. The van der Waals surface area contributed by atoms with E-state index in [0.29, 0.717) is 11.3 Å². The lowest BCUT2D eigenvalue weighted by atomic mass is 9.44. The van der Waals surface area contributed by atoms with Crippen molar-refractivity contribution in [1.29, 1.82) is 0 Å². The van der Waals surface area contributed by atoms with Crippen LogP contribution in [0.2, 0.25) is 0 Å². The van der Waals surface area contributed by atoms with Gasteiger partial charge < -0.3 is 5.11 Å². The molecule has 1 nitrogen and oxygen atoms in total. The molecule has 0 aromatic heterocycles. The first-order valence-electron chi connectivity index (χ1n) is 8.33. The fourth-order valence-corrected chi connectivity index (χ4v) is 5.82. The van der Waals surface area contributed by atoms with E-state index in [9.17, 15) is 5.11 Å². The molecule has 3 fully saturated rings. The minimum absolute atomic E-state index is 0.00851. The number of aliphatic hydroxyl groups is 1. The van der Waals surface area contributed by atoms with E-state index in [1.54, 1.807) is 0 Å². The quantitative estimate of drug-likeness (QED) is 0.676. The molecule has 18 heavy (non-hydrogen) atoms. The van der Waals surface area contributed by atoms with Gasteiger partial charge in [0.05, 0.1) is 6.10 Å². The molecule has 0 radical (unpaired) electrons. The summed E-state index contributed by atoms with van der Waals surface area (Å²) in [6, 6.07) is 0. The van der Waals surface area contributed by atoms with Crippen molar-refractivity contribution in [1.82, 2.24) is 0 Å². The number of fused-ring (bicyclic) bond motifs is 4. The summed E-state index contributed by atoms with van der Waals surface area (Å²) in [5.41, 5.74) is 0.475. The van der Waals surface area contributed by atoms with Gasteiger partial charge >= 0.3 is 0 Å². The van der Waals surface area contributed by atoms with Crippen molar-refractivity contribution in [3.05, 3.63) is 0 Å². The summed E-state index contributed by atoms with van der Waals surface area (Å²) in [5, 5.41) is 10.4. The summed E-state index contributed by atoms with van der Waals surface area (Å²) in [6.45, 7) is 4.88. The van der Waals surface area contributed by atoms with Crippen molar-refractivity contribution in [3.8, 4) is 0 Å². The Bertz CT molecular complexity index is 300. The molecule has 0 aliphatic heterocycles. The maximum atomic E-state index is 10.4. The Morgan fingerprint density at radius 1 is 0.944 bits per heavy atom. The summed E-state index contributed by atoms with van der Waals surface area (Å²) < 4.78 is 0. The fraction of sp³-hybridized carbons (Fsp3) is 1.00. The maximum Gasteiger partial charge on any atom is 0.0579 e. The summed E-state index contributed by atoms with van der Waals surface area (Å²) in [7, 11) is 0. The highest BCUT2D eigenvalue weighted by atomic mass is 16.3. The van der Waals surface area contributed by atoms with Crippen LogP contribution < -0.4 is 0 Å². The average molecular weight is 250 g/mol. The summed E-state index contributed by atoms with van der Waals surface area (Å²) in [4.78, 5) is 0. The first-order chi connectivity index (χ1) is 8.65. The Labute approximate surface area is 112 Å². The molecule has 6 unspecified atom stereocenters. The molecule has 3 rings (SSSR count). The first-order valence-corrected chi connectivity index (χ1v) is 8.33. The van der Waals surface area contributed by atoms with Crippen LogP contribution in [0.3, 0.4) is 0 Å². The molecule has 0 saturated heterocycles. The van der Waals surface area contributed by atoms with E-state index in [0.717, 1.165) is 24.2 Å². The van der Waals surface area contributed by atoms with Gasteiger partial charge in [0.15, 0.2) is 0 Å². The molecule has 6 atom stereocenters. The molecule has 3 saturated carbocycles. The van der Waals surface area contributed by atoms with Crippen LogP contribution in [0.1, 0.15) is 71.6 Å². The smallest absolute Gasteiger partial charge is 0.0579 e. The van der Waals surface area contributed by atoms with Crippen molar-refractivity contribution in [2.45, 2.75) is 77.7 Å². The molecule has 0 heterocycles. The van der Waals surface area contributed by atoms with E-state index in [1.807, 2.05) is 0 Å². The minimum Gasteiger partial charge on any atom is -0.393 e. The van der Waals surface area contributed by atoms with E-state index in [4.69, 9.17) is 0 Å². The molecule has 1 N–H and O–H groups in total. The van der Waals surface area contributed by atoms with Gasteiger partial charge in [-0.2, -0.15) is 0 Å². The van der Waals surface area contributed by atoms with Crippen LogP contribution in [-0.4, -0.2) is 11.2 Å². The van der Waals surface area contributed by atoms with E-state index < -0.39 is 0 Å². The Morgan fingerprint density at radius 2 is 1.56 bits per heavy atom. The minimum atomic E-state index is 0.00851. The highest BCUT2D eigenvalue weighted by Crippen LogP contribution is 2.69. The zero-order valence-corrected chi connectivity index (χ0v) is 12.2. The maximum absolute atomic E-state index is 10.4. The number of hydrogen-bond donors (Lipinski definition) is 1. The second-order valence-electron chi connectivity index (χ2n) is 7.56. The predicted molar refractivity (Wildman–Crippen MR) is 75.3 cm³/mol. The Hall–Kier alpha value is -0.0400. The summed E-state index contributed by atoms with van der Waals surface area (Å²) >= 11 is 0. The normalized spacial score (nSPS) is 53.2. The van der Waals surface area contributed by atoms with Crippen LogP contribution in [0.4, 0.5) is 0 Å². The number of aliphatic hydroxyl groups excluding tert-OH is 1. The highest BCUT2D eigenvalue weighted by Gasteiger charge is 2.65. The molecule has 0 bridgehead atoms. The lowest BCUT2D eigenvalue weighted by molar-refractivity contribution is -0.148. The predicted octanol–water partition coefficient (Wildman–Crippen LogP) is 4.39. The van der Waals surface area contributed by atoms with Gasteiger partial charge in [0, 0.05) is 0 Å². The summed E-state index contributed by atoms with van der Waals surface area (Å²) in [5.74, 6) is 3.15. The third kappa shape index (κ3) is 1.77. The van der Waals surface area contributed by atoms with Gasteiger partial charge in [-0.25, -0.2) is 0 Å². The molecule has 0 amide bonds. The molecular formula is C17H30O. The number of hydrogen-bond acceptors (Lipinski definition) is 1. The molecular weight excluding hydrogens is 220 g/mol. The molecule has 0 aromatic rings. The topological polar surface area (TPSA) is 20.2 Å². The largest absolute Gasteiger partial charge is 0.393 e. The second-order valence-corrected chi connectivity index (χ2v) is 7.56. The first kappa shape index (κ1) is 13.0. The van der Waals surface area contributed by atoms with Crippen LogP contribution in [0.5, 0.6) is 0 Å². The molecule has 0 spiro atoms. The molecule has 104 valence electrons. The van der Waals surface area contributed by atoms with Gasteiger partial charge in [-0.3, -0.25) is 0 Å². The SMILES string of the molecule is CC1CC(O)C2C3CCCCCCCCC3C12C. The Kier molecular flexibility index (Phi) is 3.47. The Morgan fingerprint density at radius 3 is 2.28 bits per heavy atom. The standard InChI is InChI=1S/C17H30O/c1-12-11-15(18)16-13-9-7-5-3-4-6-8-10-14(13)17(12,16)2/h12-16,18H,3-11H2,1-2H3. The zero-order chi connectivity index (χ0) is 12.8. The van der Waals surface area contributed by atoms with Gasteiger partial charge in [-0.1, -0.05) is 52.4 Å². The summed E-state index contributed by atoms with van der Waals surface area (Å²) in [6.07, 6.45) is 12.5. The van der Waals surface area contributed by atoms with Gasteiger partial charge in [0.1, 0.15) is 0 Å². The molecule has 0 aromatic carbocycles. The van der Waals surface area contributed by atoms with Crippen LogP contribution in [0.15, 0.2) is 0 Å². The van der Waals surface area contributed by atoms with Crippen LogP contribution in [0, 0.1) is 29.1 Å². The van der Waals surface area contributed by atoms with E-state index in [1.165, 1.54) is 51.4 Å². The van der Waals surface area contributed by atoms with Crippen molar-refractivity contribution in [2.75, 3.05) is 0 Å². The van der Waals surface area contributed by atoms with E-state index in [-0.39, 0.29) is 6.10 Å². The third-order valence-corrected chi connectivity index (χ3v) is 6.87. The lowest BCUT2D eigenvalue weighted by Gasteiger charge is -2.60. The third-order valence-electron chi connectivity index (χ3n) is 6.87. The van der Waals surface area contributed by atoms with Crippen molar-refractivity contribution >= 4 is 0 Å². The molecule has 3 aliphatic carbocycles. The van der Waals surface area contributed by atoms with Crippen molar-refractivity contribution in [2.24, 2.45) is 29.1 Å². The average Bonchev–Trinajstić information content (AvgIpc) is 2.53. The highest BCUT2D eigenvalue weighted by molar-refractivity contribution is 5.13. The van der Waals surface area contributed by atoms with Gasteiger partial charge in [0.25, 0.3) is 0 Å². The van der Waals surface area contributed by atoms with Gasteiger partial charge in [-0.05, 0) is 48.3 Å². The van der Waals surface area contributed by atoms with Crippen molar-refractivity contribution in [3.63, 3.8) is 0 Å².